The molecule has 5 nitrogen and oxygen atoms in total. The molecule has 0 bridgehead atoms. The number of aromatic nitrogens is 1. The largest absolute Gasteiger partial charge is 0.372 e. The van der Waals surface area contributed by atoms with Crippen molar-refractivity contribution in [1.82, 2.24) is 4.98 Å². The van der Waals surface area contributed by atoms with E-state index in [1.807, 2.05) is 25.1 Å². The third-order valence-electron chi connectivity index (χ3n) is 4.34. The number of Topliss-reactive ketones (excluding diaryl/α,β-unsaturated/α-hetero) is 1. The molecule has 3 aromatic rings. The van der Waals surface area contributed by atoms with E-state index in [4.69, 9.17) is 0 Å². The number of hydrogen-bond donors (Lipinski definition) is 0. The van der Waals surface area contributed by atoms with Crippen LogP contribution in [0.2, 0.25) is 0 Å². The maximum atomic E-state index is 11.5. The van der Waals surface area contributed by atoms with Crippen molar-refractivity contribution in [3.63, 3.8) is 0 Å². The van der Waals surface area contributed by atoms with Crippen LogP contribution >= 0.6 is 11.3 Å². The number of anilines is 1. The standard InChI is InChI=1S/C20H22N4OS/c1-5-24(6-2)16-8-10-17(13(3)11-16)22-23-20-21-18-9-7-15(14(4)25)12-19(18)26-20/h7-12H,5-6H2,1-4H3. The Bertz CT molecular complexity index is 973. The van der Waals surface area contributed by atoms with Crippen molar-refractivity contribution < 1.29 is 4.79 Å². The van der Waals surface area contributed by atoms with Crippen LogP contribution in [0.1, 0.15) is 36.7 Å². The van der Waals surface area contributed by atoms with Gasteiger partial charge in [-0.3, -0.25) is 4.79 Å². The second kappa shape index (κ2) is 7.74. The van der Waals surface area contributed by atoms with Crippen LogP contribution in [-0.2, 0) is 0 Å². The molecule has 0 aliphatic carbocycles. The van der Waals surface area contributed by atoms with E-state index in [1.165, 1.54) is 17.0 Å². The molecule has 0 aliphatic rings. The maximum Gasteiger partial charge on any atom is 0.231 e. The van der Waals surface area contributed by atoms with Gasteiger partial charge >= 0.3 is 0 Å². The van der Waals surface area contributed by atoms with Crippen molar-refractivity contribution in [2.75, 3.05) is 18.0 Å². The zero-order chi connectivity index (χ0) is 18.7. The fraction of sp³-hybridized carbons (Fsp3) is 0.300. The Kier molecular flexibility index (Phi) is 5.42. The Morgan fingerprint density at radius 2 is 1.88 bits per heavy atom. The first-order chi connectivity index (χ1) is 12.5. The zero-order valence-electron chi connectivity index (χ0n) is 15.5. The second-order valence-electron chi connectivity index (χ2n) is 6.08. The van der Waals surface area contributed by atoms with Crippen molar-refractivity contribution in [2.24, 2.45) is 10.2 Å². The number of rotatable bonds is 6. The van der Waals surface area contributed by atoms with E-state index < -0.39 is 0 Å². The first kappa shape index (κ1) is 18.2. The molecule has 0 aliphatic heterocycles. The molecule has 6 heteroatoms. The average Bonchev–Trinajstić information content (AvgIpc) is 3.04. The minimum Gasteiger partial charge on any atom is -0.372 e. The molecule has 134 valence electrons. The molecule has 0 saturated carbocycles. The van der Waals surface area contributed by atoms with Crippen LogP contribution in [0.3, 0.4) is 0 Å². The summed E-state index contributed by atoms with van der Waals surface area (Å²) in [6.45, 7) is 9.86. The van der Waals surface area contributed by atoms with Crippen LogP contribution in [0.5, 0.6) is 0 Å². The van der Waals surface area contributed by atoms with E-state index >= 15 is 0 Å². The summed E-state index contributed by atoms with van der Waals surface area (Å²) in [4.78, 5) is 18.3. The molecule has 1 heterocycles. The Morgan fingerprint density at radius 3 is 2.54 bits per heavy atom. The lowest BCUT2D eigenvalue weighted by atomic mass is 10.1. The highest BCUT2D eigenvalue weighted by Gasteiger charge is 2.08. The van der Waals surface area contributed by atoms with Gasteiger partial charge in [-0.25, -0.2) is 4.98 Å². The zero-order valence-corrected chi connectivity index (χ0v) is 16.3. The van der Waals surface area contributed by atoms with Crippen LogP contribution in [0.15, 0.2) is 46.6 Å². The van der Waals surface area contributed by atoms with E-state index in [9.17, 15) is 4.79 Å². The van der Waals surface area contributed by atoms with Gasteiger partial charge in [0.15, 0.2) is 5.78 Å². The van der Waals surface area contributed by atoms with E-state index in [-0.39, 0.29) is 5.78 Å². The molecule has 0 saturated heterocycles. The number of ketones is 1. The van der Waals surface area contributed by atoms with Crippen molar-refractivity contribution in [2.45, 2.75) is 27.7 Å². The molecule has 3 rings (SSSR count). The fourth-order valence-electron chi connectivity index (χ4n) is 2.81. The van der Waals surface area contributed by atoms with Crippen LogP contribution in [0.25, 0.3) is 10.2 Å². The van der Waals surface area contributed by atoms with Gasteiger partial charge in [0.25, 0.3) is 0 Å². The molecule has 26 heavy (non-hydrogen) atoms. The molecule has 0 spiro atoms. The van der Waals surface area contributed by atoms with Gasteiger partial charge in [0.1, 0.15) is 0 Å². The number of fused-ring (bicyclic) bond motifs is 1. The molecule has 0 N–H and O–H groups in total. The number of carbonyl (C=O) groups excluding carboxylic acids is 1. The molecule has 0 unspecified atom stereocenters. The molecule has 2 aromatic carbocycles. The number of nitrogens with zero attached hydrogens (tertiary/aromatic N) is 4. The van der Waals surface area contributed by atoms with Gasteiger partial charge in [-0.2, -0.15) is 0 Å². The van der Waals surface area contributed by atoms with Crippen molar-refractivity contribution in [1.29, 1.82) is 0 Å². The highest BCUT2D eigenvalue weighted by molar-refractivity contribution is 7.21. The van der Waals surface area contributed by atoms with E-state index in [0.717, 1.165) is 34.6 Å². The normalized spacial score (nSPS) is 11.4. The molecule has 0 radical (unpaired) electrons. The molecule has 0 fully saturated rings. The maximum absolute atomic E-state index is 11.5. The van der Waals surface area contributed by atoms with E-state index in [2.05, 4.69) is 46.1 Å². The van der Waals surface area contributed by atoms with Crippen LogP contribution in [-0.4, -0.2) is 23.9 Å². The Labute approximate surface area is 157 Å². The summed E-state index contributed by atoms with van der Waals surface area (Å²) in [5, 5.41) is 9.26. The summed E-state index contributed by atoms with van der Waals surface area (Å²) < 4.78 is 0.945. The summed E-state index contributed by atoms with van der Waals surface area (Å²) in [6.07, 6.45) is 0. The quantitative estimate of drug-likeness (QED) is 0.393. The first-order valence-corrected chi connectivity index (χ1v) is 9.52. The SMILES string of the molecule is CCN(CC)c1ccc(N=Nc2nc3ccc(C(C)=O)cc3s2)c(C)c1. The van der Waals surface area contributed by atoms with Gasteiger partial charge < -0.3 is 4.90 Å². The van der Waals surface area contributed by atoms with E-state index in [1.54, 1.807) is 13.0 Å². The number of carbonyl (C=O) groups is 1. The lowest BCUT2D eigenvalue weighted by Crippen LogP contribution is -2.21. The summed E-state index contributed by atoms with van der Waals surface area (Å²) >= 11 is 1.44. The summed E-state index contributed by atoms with van der Waals surface area (Å²) in [5.41, 5.74) is 4.64. The van der Waals surface area contributed by atoms with Crippen LogP contribution in [0, 0.1) is 6.92 Å². The topological polar surface area (TPSA) is 57.9 Å². The predicted octanol–water partition coefficient (Wildman–Crippen LogP) is 6.07. The lowest BCUT2D eigenvalue weighted by Gasteiger charge is -2.21. The van der Waals surface area contributed by atoms with Crippen molar-refractivity contribution in [3.05, 3.63) is 47.5 Å². The summed E-state index contributed by atoms with van der Waals surface area (Å²) in [6, 6.07) is 11.7. The predicted molar refractivity (Wildman–Crippen MR) is 109 cm³/mol. The number of thiazole rings is 1. The minimum atomic E-state index is 0.0485. The van der Waals surface area contributed by atoms with Crippen LogP contribution in [0.4, 0.5) is 16.5 Å². The third kappa shape index (κ3) is 3.80. The number of hydrogen-bond acceptors (Lipinski definition) is 6. The summed E-state index contributed by atoms with van der Waals surface area (Å²) in [5.74, 6) is 0.0485. The number of benzene rings is 2. The van der Waals surface area contributed by atoms with Crippen molar-refractivity contribution in [3.8, 4) is 0 Å². The molecular weight excluding hydrogens is 344 g/mol. The van der Waals surface area contributed by atoms with Crippen molar-refractivity contribution >= 4 is 43.8 Å². The molecule has 0 amide bonds. The Morgan fingerprint density at radius 1 is 1.12 bits per heavy atom. The highest BCUT2D eigenvalue weighted by atomic mass is 32.1. The number of aryl methyl sites for hydroxylation is 1. The molecular formula is C20H22N4OS. The molecule has 1 aromatic heterocycles. The summed E-state index contributed by atoms with van der Waals surface area (Å²) in [7, 11) is 0. The van der Waals surface area contributed by atoms with Gasteiger partial charge in [0.05, 0.1) is 15.9 Å². The van der Waals surface area contributed by atoms with Gasteiger partial charge in [-0.05, 0) is 69.7 Å². The monoisotopic (exact) mass is 366 g/mol. The van der Waals surface area contributed by atoms with Gasteiger partial charge in [0.2, 0.25) is 5.13 Å². The lowest BCUT2D eigenvalue weighted by molar-refractivity contribution is 0.101. The first-order valence-electron chi connectivity index (χ1n) is 8.70. The Balaban J connectivity index is 1.85. The van der Waals surface area contributed by atoms with Gasteiger partial charge in [0, 0.05) is 24.3 Å². The third-order valence-corrected chi connectivity index (χ3v) is 5.24. The Hall–Kier alpha value is -2.60. The van der Waals surface area contributed by atoms with Gasteiger partial charge in [-0.1, -0.05) is 11.3 Å². The number of azo groups is 1. The van der Waals surface area contributed by atoms with E-state index in [0.29, 0.717) is 10.7 Å². The average molecular weight is 366 g/mol. The minimum absolute atomic E-state index is 0.0485. The van der Waals surface area contributed by atoms with Crippen LogP contribution < -0.4 is 4.90 Å². The van der Waals surface area contributed by atoms with Gasteiger partial charge in [-0.15, -0.1) is 10.2 Å². The molecule has 0 atom stereocenters. The highest BCUT2D eigenvalue weighted by Crippen LogP contribution is 2.31. The smallest absolute Gasteiger partial charge is 0.231 e. The second-order valence-corrected chi connectivity index (χ2v) is 7.09. The fourth-order valence-corrected chi connectivity index (χ4v) is 3.63.